The Bertz CT molecular complexity index is 530. The number of ether oxygens (including phenoxy) is 1. The molecule has 2 rings (SSSR count). The Kier molecular flexibility index (Phi) is 4.63. The van der Waals surface area contributed by atoms with Gasteiger partial charge < -0.3 is 15.0 Å². The number of carbonyl (C=O) groups excluding carboxylic acids is 1. The van der Waals surface area contributed by atoms with Crippen LogP contribution in [0.25, 0.3) is 0 Å². The predicted molar refractivity (Wildman–Crippen MR) is 73.5 cm³/mol. The summed E-state index contributed by atoms with van der Waals surface area (Å²) in [5.41, 5.74) is 0.693. The van der Waals surface area contributed by atoms with Crippen LogP contribution in [-0.2, 0) is 4.74 Å². The molecule has 2 unspecified atom stereocenters. The number of hydrogen-bond acceptors (Lipinski definition) is 3. The van der Waals surface area contributed by atoms with Crippen LogP contribution in [0.1, 0.15) is 18.5 Å². The van der Waals surface area contributed by atoms with Crippen molar-refractivity contribution in [3.63, 3.8) is 0 Å². The van der Waals surface area contributed by atoms with E-state index in [1.165, 1.54) is 18.1 Å². The second-order valence-corrected chi connectivity index (χ2v) is 5.37. The van der Waals surface area contributed by atoms with Crippen molar-refractivity contribution in [2.45, 2.75) is 24.9 Å². The number of carbonyl (C=O) groups is 1. The minimum Gasteiger partial charge on any atom is -0.373 e. The molecule has 1 N–H and O–H groups in total. The Labute approximate surface area is 126 Å². The molecular weight excluding hydrogens is 304 g/mol. The molecule has 0 aromatic carbocycles. The standard InChI is InChI=1S/C13H16ClF2N3O2/c1-8(9-3-4-17-5-10(9)14)19(2)12(20)18-11-6-21-7-13(11,15)16/h3-5,8,11H,6-7H2,1-2H3,(H,18,20). The Morgan fingerprint density at radius 2 is 2.38 bits per heavy atom. The van der Waals surface area contributed by atoms with E-state index in [-0.39, 0.29) is 12.6 Å². The van der Waals surface area contributed by atoms with E-state index in [2.05, 4.69) is 10.3 Å². The van der Waals surface area contributed by atoms with E-state index in [0.717, 1.165) is 0 Å². The van der Waals surface area contributed by atoms with Crippen molar-refractivity contribution in [2.24, 2.45) is 0 Å². The highest BCUT2D eigenvalue weighted by Crippen LogP contribution is 2.27. The summed E-state index contributed by atoms with van der Waals surface area (Å²) in [5, 5.41) is 2.71. The van der Waals surface area contributed by atoms with E-state index in [1.807, 2.05) is 0 Å². The largest absolute Gasteiger partial charge is 0.373 e. The number of rotatable bonds is 3. The SMILES string of the molecule is CC(c1ccncc1Cl)N(C)C(=O)NC1COCC1(F)F. The molecule has 1 fully saturated rings. The fourth-order valence-electron chi connectivity index (χ4n) is 2.04. The molecular formula is C13H16ClF2N3O2. The number of nitrogens with one attached hydrogen (secondary N) is 1. The first-order valence-electron chi connectivity index (χ1n) is 6.41. The molecule has 1 aromatic rings. The lowest BCUT2D eigenvalue weighted by Crippen LogP contribution is -2.51. The normalized spacial score (nSPS) is 21.9. The van der Waals surface area contributed by atoms with Crippen molar-refractivity contribution in [1.82, 2.24) is 15.2 Å². The number of hydrogen-bond donors (Lipinski definition) is 1. The lowest BCUT2D eigenvalue weighted by molar-refractivity contribution is -0.0223. The summed E-state index contributed by atoms with van der Waals surface area (Å²) in [4.78, 5) is 17.3. The molecule has 5 nitrogen and oxygen atoms in total. The molecule has 8 heteroatoms. The summed E-state index contributed by atoms with van der Waals surface area (Å²) in [6, 6.07) is -0.612. The number of urea groups is 1. The molecule has 0 radical (unpaired) electrons. The summed E-state index contributed by atoms with van der Waals surface area (Å²) in [6.45, 7) is 0.883. The molecule has 116 valence electrons. The first kappa shape index (κ1) is 15.9. The number of alkyl halides is 2. The molecule has 0 saturated carbocycles. The van der Waals surface area contributed by atoms with Crippen molar-refractivity contribution < 1.29 is 18.3 Å². The maximum atomic E-state index is 13.4. The Hall–Kier alpha value is -1.47. The topological polar surface area (TPSA) is 54.5 Å². The van der Waals surface area contributed by atoms with E-state index in [1.54, 1.807) is 19.2 Å². The van der Waals surface area contributed by atoms with E-state index in [9.17, 15) is 13.6 Å². The van der Waals surface area contributed by atoms with Crippen LogP contribution in [0, 0.1) is 0 Å². The molecule has 0 aliphatic carbocycles. The van der Waals surface area contributed by atoms with Crippen LogP contribution in [0.15, 0.2) is 18.5 Å². The smallest absolute Gasteiger partial charge is 0.318 e. The van der Waals surface area contributed by atoms with Crippen LogP contribution in [0.3, 0.4) is 0 Å². The average molecular weight is 320 g/mol. The van der Waals surface area contributed by atoms with E-state index in [0.29, 0.717) is 10.6 Å². The first-order valence-corrected chi connectivity index (χ1v) is 6.79. The molecule has 21 heavy (non-hydrogen) atoms. The van der Waals surface area contributed by atoms with Crippen LogP contribution < -0.4 is 5.32 Å². The van der Waals surface area contributed by atoms with Gasteiger partial charge in [-0.15, -0.1) is 0 Å². The summed E-state index contributed by atoms with van der Waals surface area (Å²) in [7, 11) is 1.52. The second-order valence-electron chi connectivity index (χ2n) is 4.96. The molecule has 2 heterocycles. The minimum atomic E-state index is -3.05. The zero-order valence-electron chi connectivity index (χ0n) is 11.6. The van der Waals surface area contributed by atoms with Crippen LogP contribution in [0.4, 0.5) is 13.6 Å². The van der Waals surface area contributed by atoms with Gasteiger partial charge in [0.2, 0.25) is 0 Å². The summed E-state index contributed by atoms with van der Waals surface area (Å²) < 4.78 is 31.6. The third kappa shape index (κ3) is 3.41. The van der Waals surface area contributed by atoms with Gasteiger partial charge in [-0.2, -0.15) is 0 Å². The van der Waals surface area contributed by atoms with Crippen molar-refractivity contribution in [3.8, 4) is 0 Å². The first-order chi connectivity index (χ1) is 9.83. The second kappa shape index (κ2) is 6.11. The van der Waals surface area contributed by atoms with Gasteiger partial charge in [-0.1, -0.05) is 11.6 Å². The lowest BCUT2D eigenvalue weighted by atomic mass is 10.1. The number of halogens is 3. The Morgan fingerprint density at radius 1 is 1.67 bits per heavy atom. The third-order valence-corrected chi connectivity index (χ3v) is 3.86. The number of aromatic nitrogens is 1. The molecule has 0 spiro atoms. The van der Waals surface area contributed by atoms with Gasteiger partial charge in [0.25, 0.3) is 5.92 Å². The van der Waals surface area contributed by atoms with Crippen LogP contribution in [-0.4, -0.2) is 48.1 Å². The lowest BCUT2D eigenvalue weighted by Gasteiger charge is -2.28. The molecule has 2 amide bonds. The summed E-state index contributed by atoms with van der Waals surface area (Å²) in [5.74, 6) is -3.05. The van der Waals surface area contributed by atoms with Gasteiger partial charge >= 0.3 is 6.03 Å². The number of nitrogens with zero attached hydrogens (tertiary/aromatic N) is 2. The van der Waals surface area contributed by atoms with Crippen molar-refractivity contribution in [1.29, 1.82) is 0 Å². The molecule has 1 saturated heterocycles. The van der Waals surface area contributed by atoms with E-state index in [4.69, 9.17) is 16.3 Å². The van der Waals surface area contributed by atoms with Gasteiger partial charge in [-0.05, 0) is 18.6 Å². The molecule has 1 aliphatic heterocycles. The molecule has 0 bridgehead atoms. The quantitative estimate of drug-likeness (QED) is 0.931. The monoisotopic (exact) mass is 319 g/mol. The van der Waals surface area contributed by atoms with Gasteiger partial charge in [-0.3, -0.25) is 4.98 Å². The van der Waals surface area contributed by atoms with Crippen molar-refractivity contribution in [2.75, 3.05) is 20.3 Å². The maximum absolute atomic E-state index is 13.4. The van der Waals surface area contributed by atoms with Gasteiger partial charge in [0.15, 0.2) is 0 Å². The highest BCUT2D eigenvalue weighted by atomic mass is 35.5. The van der Waals surface area contributed by atoms with Crippen molar-refractivity contribution in [3.05, 3.63) is 29.0 Å². The number of amides is 2. The minimum absolute atomic E-state index is 0.197. The third-order valence-electron chi connectivity index (χ3n) is 3.54. The predicted octanol–water partition coefficient (Wildman–Crippen LogP) is 2.47. The van der Waals surface area contributed by atoms with Crippen LogP contribution >= 0.6 is 11.6 Å². The van der Waals surface area contributed by atoms with E-state index >= 15 is 0 Å². The number of pyridine rings is 1. The highest BCUT2D eigenvalue weighted by molar-refractivity contribution is 6.31. The van der Waals surface area contributed by atoms with Gasteiger partial charge in [0, 0.05) is 19.4 Å². The van der Waals surface area contributed by atoms with Crippen molar-refractivity contribution >= 4 is 17.6 Å². The fourth-order valence-corrected chi connectivity index (χ4v) is 2.32. The Balaban J connectivity index is 2.04. The Morgan fingerprint density at radius 3 is 2.95 bits per heavy atom. The zero-order chi connectivity index (χ0) is 15.6. The fraction of sp³-hybridized carbons (Fsp3) is 0.538. The van der Waals surface area contributed by atoms with E-state index < -0.39 is 24.6 Å². The molecule has 2 atom stereocenters. The van der Waals surface area contributed by atoms with Crippen LogP contribution in [0.5, 0.6) is 0 Å². The summed E-state index contributed by atoms with van der Waals surface area (Å²) >= 11 is 6.02. The van der Waals surface area contributed by atoms with Gasteiger partial charge in [0.1, 0.15) is 12.6 Å². The van der Waals surface area contributed by atoms with Crippen LogP contribution in [0.2, 0.25) is 5.02 Å². The average Bonchev–Trinajstić information content (AvgIpc) is 2.77. The zero-order valence-corrected chi connectivity index (χ0v) is 12.4. The summed E-state index contributed by atoms with van der Waals surface area (Å²) in [6.07, 6.45) is 3.03. The molecule has 1 aromatic heterocycles. The maximum Gasteiger partial charge on any atom is 0.318 e. The van der Waals surface area contributed by atoms with Gasteiger partial charge in [-0.25, -0.2) is 13.6 Å². The highest BCUT2D eigenvalue weighted by Gasteiger charge is 2.46. The molecule has 1 aliphatic rings. The van der Waals surface area contributed by atoms with Gasteiger partial charge in [0.05, 0.1) is 17.7 Å².